The highest BCUT2D eigenvalue weighted by atomic mass is 35.5. The van der Waals surface area contributed by atoms with Gasteiger partial charge in [0.15, 0.2) is 0 Å². The molecule has 2 N–H and O–H groups in total. The smallest absolute Gasteiger partial charge is 0.257 e. The van der Waals surface area contributed by atoms with Gasteiger partial charge in [-0.05, 0) is 0 Å². The molecule has 1 aromatic rings. The van der Waals surface area contributed by atoms with Crippen molar-refractivity contribution in [2.45, 2.75) is 12.5 Å². The third-order valence-electron chi connectivity index (χ3n) is 1.65. The van der Waals surface area contributed by atoms with Crippen LogP contribution in [-0.4, -0.2) is 6.43 Å². The van der Waals surface area contributed by atoms with E-state index < -0.39 is 35.5 Å². The van der Waals surface area contributed by atoms with Crippen molar-refractivity contribution >= 4 is 12.4 Å². The average molecular weight is 248 g/mol. The van der Waals surface area contributed by atoms with Crippen LogP contribution in [-0.2, 0) is 0 Å². The first-order valence-corrected chi connectivity index (χ1v) is 3.61. The fourth-order valence-electron chi connectivity index (χ4n) is 0.998. The van der Waals surface area contributed by atoms with Gasteiger partial charge in [-0.2, -0.15) is 0 Å². The summed E-state index contributed by atoms with van der Waals surface area (Å²) in [5.74, 6) is -3.99. The Balaban J connectivity index is 0.00000196. The highest BCUT2D eigenvalue weighted by molar-refractivity contribution is 5.85. The summed E-state index contributed by atoms with van der Waals surface area (Å²) in [5.41, 5.74) is 3.84. The van der Waals surface area contributed by atoms with E-state index in [-0.39, 0.29) is 12.4 Å². The quantitative estimate of drug-likeness (QED) is 0.799. The molecule has 0 amide bonds. The molecule has 1 rings (SSSR count). The second kappa shape index (κ2) is 5.27. The minimum Gasteiger partial charge on any atom is -0.319 e. The molecule has 0 spiro atoms. The summed E-state index contributed by atoms with van der Waals surface area (Å²) in [7, 11) is 0. The molecule has 0 aliphatic rings. The van der Waals surface area contributed by atoms with Crippen LogP contribution in [0.15, 0.2) is 12.1 Å². The normalized spacial score (nSPS) is 12.5. The van der Waals surface area contributed by atoms with Gasteiger partial charge in [-0.15, -0.1) is 12.4 Å². The van der Waals surface area contributed by atoms with Crippen LogP contribution in [0.2, 0.25) is 0 Å². The highest BCUT2D eigenvalue weighted by Crippen LogP contribution is 2.24. The van der Waals surface area contributed by atoms with Crippen molar-refractivity contribution in [3.8, 4) is 0 Å². The molecule has 0 aromatic heterocycles. The molecule has 1 atom stereocenters. The van der Waals surface area contributed by atoms with E-state index in [4.69, 9.17) is 5.73 Å². The zero-order chi connectivity index (χ0) is 10.9. The first-order chi connectivity index (χ1) is 6.43. The molecule has 0 radical (unpaired) electrons. The number of rotatable bonds is 2. The fourth-order valence-corrected chi connectivity index (χ4v) is 0.998. The van der Waals surface area contributed by atoms with Crippen LogP contribution in [0.25, 0.3) is 0 Å². The summed E-state index contributed by atoms with van der Waals surface area (Å²) in [4.78, 5) is 0. The second-order valence-electron chi connectivity index (χ2n) is 2.64. The lowest BCUT2D eigenvalue weighted by Gasteiger charge is -2.12. The number of hydrogen-bond donors (Lipinski definition) is 1. The Hall–Kier alpha value is -0.880. The Morgan fingerprint density at radius 2 is 1.40 bits per heavy atom. The van der Waals surface area contributed by atoms with Crippen LogP contribution in [0.5, 0.6) is 0 Å². The van der Waals surface area contributed by atoms with Crippen molar-refractivity contribution in [3.05, 3.63) is 35.1 Å². The Morgan fingerprint density at radius 1 is 1.00 bits per heavy atom. The van der Waals surface area contributed by atoms with Crippen molar-refractivity contribution in [2.24, 2.45) is 5.73 Å². The highest BCUT2D eigenvalue weighted by Gasteiger charge is 2.25. The maximum absolute atomic E-state index is 12.8. The van der Waals surface area contributed by atoms with E-state index in [2.05, 4.69) is 0 Å². The number of hydrogen-bond acceptors (Lipinski definition) is 1. The van der Waals surface area contributed by atoms with Crippen LogP contribution in [0.1, 0.15) is 11.6 Å². The maximum atomic E-state index is 12.8. The summed E-state index contributed by atoms with van der Waals surface area (Å²) in [6.07, 6.45) is -3.11. The molecule has 7 heteroatoms. The molecule has 0 saturated heterocycles. The molecule has 0 aliphatic carbocycles. The third kappa shape index (κ3) is 3.04. The van der Waals surface area contributed by atoms with Crippen molar-refractivity contribution in [3.63, 3.8) is 0 Å². The molecule has 86 valence electrons. The minimum absolute atomic E-state index is 0. The molecule has 0 fully saturated rings. The monoisotopic (exact) mass is 247 g/mol. The van der Waals surface area contributed by atoms with Crippen molar-refractivity contribution in [1.82, 2.24) is 0 Å². The van der Waals surface area contributed by atoms with Crippen molar-refractivity contribution in [2.75, 3.05) is 0 Å². The zero-order valence-electron chi connectivity index (χ0n) is 7.18. The van der Waals surface area contributed by atoms with E-state index in [1.165, 1.54) is 0 Å². The van der Waals surface area contributed by atoms with Crippen LogP contribution < -0.4 is 5.73 Å². The lowest BCUT2D eigenvalue weighted by Crippen LogP contribution is -2.22. The molecular weight excluding hydrogens is 241 g/mol. The van der Waals surface area contributed by atoms with E-state index in [0.717, 1.165) is 0 Å². The number of nitrogens with two attached hydrogens (primary N) is 1. The van der Waals surface area contributed by atoms with Gasteiger partial charge in [0.05, 0.1) is 6.04 Å². The van der Waals surface area contributed by atoms with Gasteiger partial charge in [-0.1, -0.05) is 0 Å². The van der Waals surface area contributed by atoms with Crippen molar-refractivity contribution < 1.29 is 22.0 Å². The molecule has 15 heavy (non-hydrogen) atoms. The molecule has 1 aromatic carbocycles. The van der Waals surface area contributed by atoms with E-state index in [1.54, 1.807) is 0 Å². The summed E-state index contributed by atoms with van der Waals surface area (Å²) in [5, 5.41) is 0. The third-order valence-corrected chi connectivity index (χ3v) is 1.65. The van der Waals surface area contributed by atoms with Gasteiger partial charge in [0.25, 0.3) is 6.43 Å². The molecular formula is C8H7ClF5N. The van der Waals surface area contributed by atoms with Gasteiger partial charge in [0.2, 0.25) is 0 Å². The minimum atomic E-state index is -3.11. The van der Waals surface area contributed by atoms with Crippen LogP contribution in [0.4, 0.5) is 22.0 Å². The molecule has 0 bridgehead atoms. The first-order valence-electron chi connectivity index (χ1n) is 3.61. The molecule has 0 aliphatic heterocycles. The van der Waals surface area contributed by atoms with Crippen LogP contribution in [0, 0.1) is 17.5 Å². The number of halogens is 6. The largest absolute Gasteiger partial charge is 0.319 e. The van der Waals surface area contributed by atoms with Gasteiger partial charge < -0.3 is 5.73 Å². The molecule has 0 unspecified atom stereocenters. The predicted molar refractivity (Wildman–Crippen MR) is 46.5 cm³/mol. The maximum Gasteiger partial charge on any atom is 0.257 e. The van der Waals surface area contributed by atoms with Crippen LogP contribution >= 0.6 is 12.4 Å². The van der Waals surface area contributed by atoms with Crippen LogP contribution in [0.3, 0.4) is 0 Å². The SMILES string of the molecule is Cl.N[C@H](c1c(F)cc(F)cc1F)C(F)F. The molecule has 0 saturated carbocycles. The number of benzene rings is 1. The topological polar surface area (TPSA) is 26.0 Å². The van der Waals surface area contributed by atoms with Gasteiger partial charge >= 0.3 is 0 Å². The first kappa shape index (κ1) is 14.1. The summed E-state index contributed by atoms with van der Waals surface area (Å²) >= 11 is 0. The van der Waals surface area contributed by atoms with Gasteiger partial charge in [-0.25, -0.2) is 22.0 Å². The van der Waals surface area contributed by atoms with E-state index >= 15 is 0 Å². The zero-order valence-corrected chi connectivity index (χ0v) is 8.00. The van der Waals surface area contributed by atoms with Gasteiger partial charge in [-0.3, -0.25) is 0 Å². The summed E-state index contributed by atoms with van der Waals surface area (Å²) in [6.45, 7) is 0. The number of alkyl halides is 2. The standard InChI is InChI=1S/C8H6F5N.ClH/c9-3-1-4(10)6(5(11)2-3)7(14)8(12)13;/h1-2,7-8H,14H2;1H/t7-;/m1./s1. The Labute approximate surface area is 88.5 Å². The predicted octanol–water partition coefficient (Wildman–Crippen LogP) is 2.79. The average Bonchev–Trinajstić information content (AvgIpc) is 2.01. The van der Waals surface area contributed by atoms with E-state index in [9.17, 15) is 22.0 Å². The lowest BCUT2D eigenvalue weighted by molar-refractivity contribution is 0.113. The Morgan fingerprint density at radius 3 is 1.73 bits per heavy atom. The van der Waals surface area contributed by atoms with Gasteiger partial charge in [0, 0.05) is 17.7 Å². The molecule has 1 nitrogen and oxygen atoms in total. The Kier molecular flexibility index (Phi) is 4.96. The fraction of sp³-hybridized carbons (Fsp3) is 0.250. The van der Waals surface area contributed by atoms with E-state index in [1.807, 2.05) is 0 Å². The summed E-state index contributed by atoms with van der Waals surface area (Å²) in [6, 6.07) is -1.48. The molecule has 0 heterocycles. The Bertz CT molecular complexity index is 321. The van der Waals surface area contributed by atoms with Gasteiger partial charge in [0.1, 0.15) is 17.5 Å². The second-order valence-corrected chi connectivity index (χ2v) is 2.64. The van der Waals surface area contributed by atoms with E-state index in [0.29, 0.717) is 12.1 Å². The van der Waals surface area contributed by atoms with Crippen molar-refractivity contribution in [1.29, 1.82) is 0 Å². The summed E-state index contributed by atoms with van der Waals surface area (Å²) < 4.78 is 62.1. The lowest BCUT2D eigenvalue weighted by atomic mass is 10.1.